The molecule has 0 unspecified atom stereocenters. The first-order valence-electron chi connectivity index (χ1n) is 6.39. The van der Waals surface area contributed by atoms with E-state index < -0.39 is 11.4 Å². The van der Waals surface area contributed by atoms with Crippen LogP contribution in [0.15, 0.2) is 31.6 Å². The van der Waals surface area contributed by atoms with E-state index in [0.717, 1.165) is 0 Å². The summed E-state index contributed by atoms with van der Waals surface area (Å²) in [5.74, 6) is 0. The Bertz CT molecular complexity index is 746. The molecule has 0 saturated carbocycles. The zero-order valence-electron chi connectivity index (χ0n) is 12.2. The Morgan fingerprint density at radius 2 is 1.14 bits per heavy atom. The Labute approximate surface area is 124 Å². The maximum Gasteiger partial charge on any atom is 0.325 e. The van der Waals surface area contributed by atoms with E-state index in [-0.39, 0.29) is 11.1 Å². The third-order valence-electron chi connectivity index (χ3n) is 2.53. The van der Waals surface area contributed by atoms with Crippen LogP contribution in [0.25, 0.3) is 0 Å². The molecule has 0 spiro atoms. The minimum Gasteiger partial charge on any atom is -0.315 e. The third-order valence-corrected chi connectivity index (χ3v) is 2.53. The van der Waals surface area contributed by atoms with E-state index in [0.29, 0.717) is 24.2 Å². The molecule has 0 aliphatic rings. The quantitative estimate of drug-likeness (QED) is 0.369. The molecule has 10 heteroatoms. The highest BCUT2D eigenvalue weighted by Crippen LogP contribution is 1.80. The number of nitrogens with one attached hydrogen (secondary N) is 6. The van der Waals surface area contributed by atoms with Crippen molar-refractivity contribution >= 4 is 0 Å². The van der Waals surface area contributed by atoms with Crippen LogP contribution in [-0.2, 0) is 13.1 Å². The maximum atomic E-state index is 10.9. The molecule has 0 radical (unpaired) electrons. The molecule has 120 valence electrons. The molecular weight excluding hydrogens is 292 g/mol. The number of rotatable bonds is 4. The summed E-state index contributed by atoms with van der Waals surface area (Å²) in [5, 5.41) is 5.60. The normalized spacial score (nSPS) is 9.91. The number of hydrogen-bond acceptors (Lipinski definition) is 6. The van der Waals surface area contributed by atoms with Gasteiger partial charge in [0.2, 0.25) is 0 Å². The highest BCUT2D eigenvalue weighted by atomic mass is 16.2. The van der Waals surface area contributed by atoms with Gasteiger partial charge in [0.1, 0.15) is 0 Å². The van der Waals surface area contributed by atoms with Gasteiger partial charge in [-0.2, -0.15) is 0 Å². The number of hydrogen-bond donors (Lipinski definition) is 6. The molecule has 2 heterocycles. The van der Waals surface area contributed by atoms with Gasteiger partial charge in [-0.05, 0) is 14.1 Å². The van der Waals surface area contributed by atoms with Crippen molar-refractivity contribution in [2.75, 3.05) is 14.1 Å². The number of aromatic amines is 4. The van der Waals surface area contributed by atoms with Crippen molar-refractivity contribution in [3.05, 3.63) is 65.2 Å². The molecule has 2 rings (SSSR count). The van der Waals surface area contributed by atoms with E-state index >= 15 is 0 Å². The molecule has 0 fully saturated rings. The zero-order chi connectivity index (χ0) is 16.5. The minimum absolute atomic E-state index is 0.344. The highest BCUT2D eigenvalue weighted by molar-refractivity contribution is 5.02. The first-order chi connectivity index (χ1) is 10.5. The number of aromatic nitrogens is 4. The molecule has 6 N–H and O–H groups in total. The molecule has 2 aromatic heterocycles. The third kappa shape index (κ3) is 5.34. The van der Waals surface area contributed by atoms with Crippen LogP contribution in [0.4, 0.5) is 0 Å². The summed E-state index contributed by atoms with van der Waals surface area (Å²) >= 11 is 0. The summed E-state index contributed by atoms with van der Waals surface area (Å²) in [4.78, 5) is 51.8. The highest BCUT2D eigenvalue weighted by Gasteiger charge is 1.97. The minimum atomic E-state index is -0.477. The lowest BCUT2D eigenvalue weighted by atomic mass is 10.3. The average Bonchev–Trinajstić information content (AvgIpc) is 2.46. The lowest BCUT2D eigenvalue weighted by Crippen LogP contribution is -2.26. The van der Waals surface area contributed by atoms with Crippen molar-refractivity contribution in [1.29, 1.82) is 0 Å². The lowest BCUT2D eigenvalue weighted by molar-refractivity contribution is 0.791. The monoisotopic (exact) mass is 310 g/mol. The molecule has 0 aromatic carbocycles. The van der Waals surface area contributed by atoms with Gasteiger partial charge in [0.15, 0.2) is 0 Å². The second-order valence-electron chi connectivity index (χ2n) is 4.25. The molecule has 0 aliphatic carbocycles. The number of H-pyrrole nitrogens is 4. The standard InChI is InChI=1S/2C6H9N3O2/c2*1-7-2-4-3-8-6(11)9-5(4)10/h2*3,7H,2H2,1H3,(H2,8,9,10,11). The van der Waals surface area contributed by atoms with Crippen LogP contribution in [0.5, 0.6) is 0 Å². The van der Waals surface area contributed by atoms with Gasteiger partial charge in [-0.1, -0.05) is 0 Å². The first-order valence-corrected chi connectivity index (χ1v) is 6.39. The summed E-state index contributed by atoms with van der Waals surface area (Å²) in [7, 11) is 3.45. The Kier molecular flexibility index (Phi) is 6.73. The summed E-state index contributed by atoms with van der Waals surface area (Å²) in [5.41, 5.74) is -0.602. The van der Waals surface area contributed by atoms with E-state index in [1.165, 1.54) is 12.4 Å². The van der Waals surface area contributed by atoms with Crippen molar-refractivity contribution in [2.24, 2.45) is 0 Å². The fourth-order valence-electron chi connectivity index (χ4n) is 1.52. The molecule has 22 heavy (non-hydrogen) atoms. The van der Waals surface area contributed by atoms with Crippen LogP contribution >= 0.6 is 0 Å². The van der Waals surface area contributed by atoms with Crippen LogP contribution in [0, 0.1) is 0 Å². The summed E-state index contributed by atoms with van der Waals surface area (Å²) in [6.45, 7) is 0.901. The Morgan fingerprint density at radius 3 is 1.41 bits per heavy atom. The average molecular weight is 310 g/mol. The van der Waals surface area contributed by atoms with E-state index in [4.69, 9.17) is 0 Å². The maximum absolute atomic E-state index is 10.9. The smallest absolute Gasteiger partial charge is 0.315 e. The first kappa shape index (κ1) is 17.3. The van der Waals surface area contributed by atoms with Crippen molar-refractivity contribution in [2.45, 2.75) is 13.1 Å². The zero-order valence-corrected chi connectivity index (χ0v) is 12.2. The van der Waals surface area contributed by atoms with Gasteiger partial charge in [-0.25, -0.2) is 9.59 Å². The van der Waals surface area contributed by atoms with Crippen LogP contribution < -0.4 is 33.1 Å². The van der Waals surface area contributed by atoms with Gasteiger partial charge < -0.3 is 20.6 Å². The molecule has 10 nitrogen and oxygen atoms in total. The summed E-state index contributed by atoms with van der Waals surface area (Å²) in [6, 6.07) is 0. The van der Waals surface area contributed by atoms with E-state index in [1.807, 2.05) is 0 Å². The van der Waals surface area contributed by atoms with Crippen LogP contribution in [0.1, 0.15) is 11.1 Å². The molecule has 0 amide bonds. The van der Waals surface area contributed by atoms with Crippen LogP contribution in [0.3, 0.4) is 0 Å². The molecular formula is C12H18N6O4. The lowest BCUT2D eigenvalue weighted by Gasteiger charge is -1.95. The fourth-order valence-corrected chi connectivity index (χ4v) is 1.52. The van der Waals surface area contributed by atoms with Crippen LogP contribution in [-0.4, -0.2) is 34.0 Å². The van der Waals surface area contributed by atoms with Crippen molar-refractivity contribution in [3.8, 4) is 0 Å². The van der Waals surface area contributed by atoms with Gasteiger partial charge in [-0.3, -0.25) is 19.6 Å². The van der Waals surface area contributed by atoms with E-state index in [9.17, 15) is 19.2 Å². The van der Waals surface area contributed by atoms with Gasteiger partial charge in [-0.15, -0.1) is 0 Å². The van der Waals surface area contributed by atoms with Gasteiger partial charge in [0.25, 0.3) is 11.1 Å². The molecule has 0 bridgehead atoms. The van der Waals surface area contributed by atoms with Crippen molar-refractivity contribution in [3.63, 3.8) is 0 Å². The SMILES string of the molecule is CNCc1c[nH]c(=O)[nH]c1=O.CNCc1c[nH]c(=O)[nH]c1=O. The molecule has 0 saturated heterocycles. The van der Waals surface area contributed by atoms with Gasteiger partial charge in [0, 0.05) is 36.6 Å². The van der Waals surface area contributed by atoms with Crippen molar-refractivity contribution < 1.29 is 0 Å². The fraction of sp³-hybridized carbons (Fsp3) is 0.333. The molecule has 0 atom stereocenters. The predicted octanol–water partition coefficient (Wildman–Crippen LogP) is -2.43. The van der Waals surface area contributed by atoms with Gasteiger partial charge in [0.05, 0.1) is 0 Å². The summed E-state index contributed by atoms with van der Waals surface area (Å²) in [6.07, 6.45) is 2.80. The second kappa shape index (κ2) is 8.54. The van der Waals surface area contributed by atoms with Gasteiger partial charge >= 0.3 is 11.4 Å². The Morgan fingerprint density at radius 1 is 0.773 bits per heavy atom. The topological polar surface area (TPSA) is 155 Å². The van der Waals surface area contributed by atoms with E-state index in [1.54, 1.807) is 14.1 Å². The van der Waals surface area contributed by atoms with E-state index in [2.05, 4.69) is 30.6 Å². The Hall–Kier alpha value is -2.72. The molecule has 0 aliphatic heterocycles. The van der Waals surface area contributed by atoms with Crippen LogP contribution in [0.2, 0.25) is 0 Å². The largest absolute Gasteiger partial charge is 0.325 e. The summed E-state index contributed by atoms with van der Waals surface area (Å²) < 4.78 is 0. The Balaban J connectivity index is 0.000000220. The predicted molar refractivity (Wildman–Crippen MR) is 80.9 cm³/mol. The second-order valence-corrected chi connectivity index (χ2v) is 4.25. The van der Waals surface area contributed by atoms with Crippen molar-refractivity contribution in [1.82, 2.24) is 30.6 Å². The molecule has 2 aromatic rings.